The second-order valence-electron chi connectivity index (χ2n) is 26.1. The molecule has 23 rings (SSSR count). The van der Waals surface area contributed by atoms with Crippen LogP contribution < -0.4 is 15.8 Å². The summed E-state index contributed by atoms with van der Waals surface area (Å²) in [6, 6.07) is 39.8. The second-order valence-corrected chi connectivity index (χ2v) is 32.4. The van der Waals surface area contributed by atoms with Crippen LogP contribution in [0.25, 0.3) is 169 Å². The van der Waals surface area contributed by atoms with Crippen molar-refractivity contribution < 1.29 is 33.3 Å². The van der Waals surface area contributed by atoms with E-state index in [4.69, 9.17) is 18.9 Å². The van der Waals surface area contributed by atoms with Crippen LogP contribution in [0.2, 0.25) is 0 Å². The molecule has 4 aliphatic carbocycles. The van der Waals surface area contributed by atoms with Gasteiger partial charge in [-0.15, -0.1) is 68.0 Å². The molecule has 5 aliphatic rings. The second kappa shape index (κ2) is 21.1. The van der Waals surface area contributed by atoms with Crippen molar-refractivity contribution in [1.82, 2.24) is 10.2 Å². The van der Waals surface area contributed by atoms with E-state index in [-0.39, 0.29) is 25.6 Å². The standard InChI is InChI=1S/C58H33NO2S3.C13H8OS3.C7H15NO4.CH4/c1-60-10-11-61-9-8-59-21-58-20-28-18-26-16-23-13-22-14-25-15-24-17-27-19-29(55(58)57(59)34-7-6-33(64-34)32-5-4-31(63-32)30-3-2-12-62-30)42-47-38(27)37(24)44-39(25)43-35(22)36(23)45-40(26)46-41(28)56(58)54(42)53-51(46)49(45)48(43)50(44)52(47)53;14-8-9-3-4-12(16-9)13-6-5-11(17-13)10-2-1-7-15-10;1-10-4-5-11-3-2-8-6-12-7-9;/h2-7,12-16,18,55,57H,8-11,17,19-21H2,1H3;1-8H;7-8H,2-6H2,1H3;1H4. The van der Waals surface area contributed by atoms with Gasteiger partial charge in [-0.2, -0.15) is 0 Å². The highest BCUT2D eigenvalue weighted by Gasteiger charge is 2.61. The SMILES string of the molecule is C.COCCOCCN1CC23Cc4cc5cc6cc7cc8cc9c%10c%11c%12c(c%13c2c4c2c5c4c6c7c5c8c%10c6c%12c%13c2c4c56)=C(CC=%11C9)C3C1c1ccc(-c2ccc(-c3cccs3)s2)s1.COCCOCCNCOC=O.O=Cc1ccc(-c2ccc(-c3cccs3)s2)s1. The number of rotatable bonds is 21. The number of hydrogen-bond donors (Lipinski definition) is 1. The fourth-order valence-electron chi connectivity index (χ4n) is 18.9. The molecule has 6 aromatic heterocycles. The molecule has 3 atom stereocenters. The van der Waals surface area contributed by atoms with E-state index in [0.717, 1.165) is 43.5 Å². The Labute approximate surface area is 563 Å². The molecule has 0 bridgehead atoms. The molecule has 0 amide bonds. The normalized spacial score (nSPS) is 18.1. The Morgan fingerprint density at radius 2 is 1.06 bits per heavy atom. The molecule has 9 nitrogen and oxygen atoms in total. The zero-order valence-electron chi connectivity index (χ0n) is 50.7. The predicted octanol–water partition coefficient (Wildman–Crippen LogP) is 18.3. The highest BCUT2D eigenvalue weighted by molar-refractivity contribution is 7.27. The van der Waals surface area contributed by atoms with Crippen molar-refractivity contribution in [1.29, 1.82) is 0 Å². The number of carbonyl (C=O) groups excluding carboxylic acids is 2. The summed E-state index contributed by atoms with van der Waals surface area (Å²) in [4.78, 5) is 36.0. The molecule has 7 heterocycles. The Balaban J connectivity index is 0.000000169. The third-order valence-electron chi connectivity index (χ3n) is 21.7. The van der Waals surface area contributed by atoms with E-state index in [1.165, 1.54) is 65.4 Å². The Morgan fingerprint density at radius 3 is 1.69 bits per heavy atom. The van der Waals surface area contributed by atoms with Crippen LogP contribution in [-0.4, -0.2) is 97.9 Å². The molecule has 1 aliphatic heterocycles. The fraction of sp³-hybridized carbons (Fsp3) is 0.241. The number of ether oxygens (including phenoxy) is 5. The van der Waals surface area contributed by atoms with Crippen molar-refractivity contribution in [3.8, 4) is 39.0 Å². The fourth-order valence-corrected chi connectivity index (χ4v) is 24.8. The minimum atomic E-state index is -0.0178. The molecular formula is C79H60N2O7S6. The van der Waals surface area contributed by atoms with Crippen molar-refractivity contribution in [2.75, 3.05) is 80.2 Å². The van der Waals surface area contributed by atoms with Crippen molar-refractivity contribution in [2.45, 2.75) is 38.1 Å². The van der Waals surface area contributed by atoms with Gasteiger partial charge in [0.15, 0.2) is 6.29 Å². The smallest absolute Gasteiger partial charge is 0.294 e. The first-order valence-electron chi connectivity index (χ1n) is 32.1. The summed E-state index contributed by atoms with van der Waals surface area (Å²) in [5, 5.41) is 45.1. The van der Waals surface area contributed by atoms with Gasteiger partial charge in [-0.1, -0.05) is 42.8 Å². The lowest BCUT2D eigenvalue weighted by Crippen LogP contribution is -2.42. The van der Waals surface area contributed by atoms with Crippen LogP contribution >= 0.6 is 68.0 Å². The summed E-state index contributed by atoms with van der Waals surface area (Å²) >= 11 is 10.9. The van der Waals surface area contributed by atoms with Gasteiger partial charge in [-0.25, -0.2) is 0 Å². The maximum atomic E-state index is 10.7. The van der Waals surface area contributed by atoms with Gasteiger partial charge in [0.25, 0.3) is 6.47 Å². The average Bonchev–Trinajstić information content (AvgIpc) is 1.44. The Hall–Kier alpha value is -7.32. The van der Waals surface area contributed by atoms with E-state index in [1.54, 1.807) is 183 Å². The molecule has 18 aromatic rings. The first-order valence-corrected chi connectivity index (χ1v) is 37.1. The molecule has 1 spiro atoms. The van der Waals surface area contributed by atoms with Crippen LogP contribution in [0.15, 0.2) is 114 Å². The van der Waals surface area contributed by atoms with Crippen molar-refractivity contribution >= 4 is 210 Å². The highest BCUT2D eigenvalue weighted by Crippen LogP contribution is 2.70. The van der Waals surface area contributed by atoms with E-state index in [2.05, 4.69) is 128 Å². The third kappa shape index (κ3) is 7.42. The first kappa shape index (κ1) is 57.0. The maximum absolute atomic E-state index is 10.7. The molecule has 1 saturated heterocycles. The number of nitrogens with zero attached hydrogens (tertiary/aromatic N) is 1. The summed E-state index contributed by atoms with van der Waals surface area (Å²) < 4.78 is 26.1. The Bertz CT molecular complexity index is 6050. The maximum Gasteiger partial charge on any atom is 0.294 e. The molecule has 0 radical (unpaired) electrons. The lowest BCUT2D eigenvalue weighted by atomic mass is 9.62. The summed E-state index contributed by atoms with van der Waals surface area (Å²) in [5.74, 6) is 0.374. The lowest BCUT2D eigenvalue weighted by molar-refractivity contribution is -0.129. The van der Waals surface area contributed by atoms with E-state index in [0.29, 0.717) is 58.6 Å². The number of benzene rings is 8. The number of hydrogen-bond acceptors (Lipinski definition) is 15. The molecule has 1 fully saturated rings. The zero-order valence-corrected chi connectivity index (χ0v) is 55.6. The van der Waals surface area contributed by atoms with E-state index in [1.807, 2.05) is 34.8 Å². The lowest BCUT2D eigenvalue weighted by Gasteiger charge is -2.40. The largest absolute Gasteiger partial charge is 0.452 e. The third-order valence-corrected chi connectivity index (χ3v) is 28.6. The van der Waals surface area contributed by atoms with E-state index in [9.17, 15) is 9.59 Å². The molecule has 94 heavy (non-hydrogen) atoms. The predicted molar refractivity (Wildman–Crippen MR) is 397 cm³/mol. The number of nitrogens with one attached hydrogen (secondary N) is 1. The number of likely N-dealkylation sites (tertiary alicyclic amines) is 1. The minimum Gasteiger partial charge on any atom is -0.452 e. The van der Waals surface area contributed by atoms with Crippen LogP contribution in [-0.2, 0) is 46.7 Å². The van der Waals surface area contributed by atoms with Crippen molar-refractivity contribution in [3.63, 3.8) is 0 Å². The van der Waals surface area contributed by atoms with Crippen LogP contribution in [0.3, 0.4) is 0 Å². The van der Waals surface area contributed by atoms with Gasteiger partial charge in [-0.05, 0) is 255 Å². The molecule has 464 valence electrons. The summed E-state index contributed by atoms with van der Waals surface area (Å²) in [7, 11) is 3.40. The number of carbonyl (C=O) groups is 2. The van der Waals surface area contributed by atoms with Gasteiger partial charge < -0.3 is 23.7 Å². The van der Waals surface area contributed by atoms with Gasteiger partial charge in [0, 0.05) is 89.1 Å². The molecule has 12 aromatic carbocycles. The van der Waals surface area contributed by atoms with Crippen molar-refractivity contribution in [2.24, 2.45) is 5.92 Å². The molecule has 0 saturated carbocycles. The molecule has 3 unspecified atom stereocenters. The van der Waals surface area contributed by atoms with Crippen LogP contribution in [0.5, 0.6) is 0 Å². The number of aldehydes is 1. The van der Waals surface area contributed by atoms with Gasteiger partial charge in [-0.3, -0.25) is 19.8 Å². The Morgan fingerprint density at radius 1 is 0.521 bits per heavy atom. The summed E-state index contributed by atoms with van der Waals surface area (Å²) in [6.45, 7) is 7.04. The minimum absolute atomic E-state index is 0. The Kier molecular flexibility index (Phi) is 12.8. The average molecular weight is 1340 g/mol. The first-order chi connectivity index (χ1) is 46.0. The van der Waals surface area contributed by atoms with E-state index >= 15 is 0 Å². The quantitative estimate of drug-likeness (QED) is 0.0327. The van der Waals surface area contributed by atoms with Gasteiger partial charge in [0.2, 0.25) is 0 Å². The summed E-state index contributed by atoms with van der Waals surface area (Å²) in [5.41, 5.74) is 8.36. The van der Waals surface area contributed by atoms with Gasteiger partial charge >= 0.3 is 0 Å². The van der Waals surface area contributed by atoms with Gasteiger partial charge in [0.1, 0.15) is 6.73 Å². The topological polar surface area (TPSA) is 95.6 Å². The molecule has 1 N–H and O–H groups in total. The van der Waals surface area contributed by atoms with Crippen LogP contribution in [0.1, 0.15) is 51.1 Å². The van der Waals surface area contributed by atoms with Gasteiger partial charge in [0.05, 0.1) is 50.6 Å². The van der Waals surface area contributed by atoms with E-state index < -0.39 is 0 Å². The molecule has 15 heteroatoms. The number of thiophene rings is 6. The number of methoxy groups -OCH3 is 2. The van der Waals surface area contributed by atoms with Crippen LogP contribution in [0, 0.1) is 5.92 Å². The highest BCUT2D eigenvalue weighted by atomic mass is 32.1. The summed E-state index contributed by atoms with van der Waals surface area (Å²) in [6.07, 6.45) is 4.20. The van der Waals surface area contributed by atoms with Crippen LogP contribution in [0.4, 0.5) is 0 Å². The van der Waals surface area contributed by atoms with Crippen molar-refractivity contribution in [3.05, 3.63) is 151 Å². The zero-order chi connectivity index (χ0) is 61.3. The monoisotopic (exact) mass is 1340 g/mol. The molecular weight excluding hydrogens is 1280 g/mol. The number of fused-ring (bicyclic) bond motifs is 1.